The van der Waals surface area contributed by atoms with E-state index in [4.69, 9.17) is 9.47 Å². The lowest BCUT2D eigenvalue weighted by Gasteiger charge is -2.29. The number of likely N-dealkylation sites (N-methyl/N-ethyl adjacent to an activating group) is 1. The third-order valence-electron chi connectivity index (χ3n) is 7.46. The number of alkyl halides is 3. The SMILES string of the molecule is CNc1nc(N(C)C2CC(NCc3ccc(-c4cnc(OC)c(OC)c4)cc3)CC2O)c2cc(CC(F)(F)F)sc2n1. The monoisotopic (exact) mass is 602 g/mol. The second-order valence-electron chi connectivity index (χ2n) is 10.3. The van der Waals surface area contributed by atoms with Crippen LogP contribution in [0.25, 0.3) is 21.3 Å². The second-order valence-corrected chi connectivity index (χ2v) is 11.4. The molecule has 0 amide bonds. The Hall–Kier alpha value is -3.68. The molecule has 13 heteroatoms. The second kappa shape index (κ2) is 12.3. The molecule has 3 N–H and O–H groups in total. The molecule has 42 heavy (non-hydrogen) atoms. The zero-order chi connectivity index (χ0) is 30.0. The number of benzene rings is 1. The van der Waals surface area contributed by atoms with Crippen LogP contribution in [-0.4, -0.2) is 72.7 Å². The van der Waals surface area contributed by atoms with Crippen molar-refractivity contribution in [2.45, 2.75) is 50.2 Å². The van der Waals surface area contributed by atoms with Crippen LogP contribution in [0.15, 0.2) is 42.6 Å². The van der Waals surface area contributed by atoms with Gasteiger partial charge in [-0.15, -0.1) is 11.3 Å². The fourth-order valence-corrected chi connectivity index (χ4v) is 6.37. The van der Waals surface area contributed by atoms with Crippen LogP contribution in [0, 0.1) is 0 Å². The van der Waals surface area contributed by atoms with Crippen molar-refractivity contribution in [1.29, 1.82) is 0 Å². The number of methoxy groups -OCH3 is 2. The molecule has 3 atom stereocenters. The number of anilines is 2. The number of aliphatic hydroxyl groups excluding tert-OH is 1. The van der Waals surface area contributed by atoms with Crippen LogP contribution in [0.4, 0.5) is 24.9 Å². The maximum Gasteiger partial charge on any atom is 0.393 e. The van der Waals surface area contributed by atoms with Gasteiger partial charge in [0.2, 0.25) is 5.95 Å². The Balaban J connectivity index is 1.25. The Labute approximate surface area is 245 Å². The van der Waals surface area contributed by atoms with Crippen molar-refractivity contribution in [2.24, 2.45) is 0 Å². The number of thiophene rings is 1. The first-order valence-electron chi connectivity index (χ1n) is 13.4. The highest BCUT2D eigenvalue weighted by atomic mass is 32.1. The molecule has 3 unspecified atom stereocenters. The molecule has 3 heterocycles. The summed E-state index contributed by atoms with van der Waals surface area (Å²) >= 11 is 1.01. The van der Waals surface area contributed by atoms with E-state index in [0.717, 1.165) is 28.0 Å². The molecule has 0 saturated heterocycles. The summed E-state index contributed by atoms with van der Waals surface area (Å²) in [6.45, 7) is 0.616. The van der Waals surface area contributed by atoms with Crippen LogP contribution in [0.2, 0.25) is 0 Å². The third-order valence-corrected chi connectivity index (χ3v) is 8.49. The maximum atomic E-state index is 13.1. The molecule has 3 aromatic heterocycles. The molecule has 1 aliphatic carbocycles. The fraction of sp³-hybridized carbons (Fsp3) is 0.414. The average molecular weight is 603 g/mol. The van der Waals surface area contributed by atoms with E-state index in [1.807, 2.05) is 42.3 Å². The lowest BCUT2D eigenvalue weighted by molar-refractivity contribution is -0.126. The first kappa shape index (κ1) is 29.8. The highest BCUT2D eigenvalue weighted by Crippen LogP contribution is 2.37. The van der Waals surface area contributed by atoms with E-state index in [0.29, 0.717) is 53.0 Å². The Kier molecular flexibility index (Phi) is 8.71. The van der Waals surface area contributed by atoms with Crippen molar-refractivity contribution >= 4 is 33.3 Å². The molecule has 1 fully saturated rings. The number of nitrogens with one attached hydrogen (secondary N) is 2. The quantitative estimate of drug-likeness (QED) is 0.230. The van der Waals surface area contributed by atoms with Gasteiger partial charge in [0, 0.05) is 43.3 Å². The molecule has 5 rings (SSSR count). The van der Waals surface area contributed by atoms with Crippen LogP contribution in [0.5, 0.6) is 11.6 Å². The van der Waals surface area contributed by atoms with Gasteiger partial charge in [0.25, 0.3) is 5.88 Å². The summed E-state index contributed by atoms with van der Waals surface area (Å²) in [4.78, 5) is 15.7. The number of aromatic nitrogens is 3. The van der Waals surface area contributed by atoms with E-state index < -0.39 is 18.7 Å². The standard InChI is InChI=1S/C29H33F3N6O3S/c1-33-28-36-25(21-12-20(13-29(30,31)32)42-27(21)37-28)38(2)22-10-19(11-23(22)39)34-14-16-5-7-17(8-6-16)18-9-24(40-3)26(41-4)35-15-18/h5-9,12,15,19,22-23,34,39H,10-11,13-14H2,1-4H3,(H,33,36,37). The summed E-state index contributed by atoms with van der Waals surface area (Å²) in [5.74, 6) is 1.81. The summed E-state index contributed by atoms with van der Waals surface area (Å²) < 4.78 is 49.7. The van der Waals surface area contributed by atoms with E-state index >= 15 is 0 Å². The van der Waals surface area contributed by atoms with Gasteiger partial charge in [-0.25, -0.2) is 9.97 Å². The van der Waals surface area contributed by atoms with Crippen molar-refractivity contribution in [3.63, 3.8) is 0 Å². The number of ether oxygens (including phenoxy) is 2. The van der Waals surface area contributed by atoms with Crippen LogP contribution >= 0.6 is 11.3 Å². The minimum Gasteiger partial charge on any atom is -0.491 e. The smallest absolute Gasteiger partial charge is 0.393 e. The highest BCUT2D eigenvalue weighted by Gasteiger charge is 2.37. The summed E-state index contributed by atoms with van der Waals surface area (Å²) in [6.07, 6.45) is -3.04. The molecule has 224 valence electrons. The number of hydrogen-bond acceptors (Lipinski definition) is 10. The Bertz CT molecular complexity index is 1530. The van der Waals surface area contributed by atoms with Crippen molar-refractivity contribution in [3.05, 3.63) is 53.0 Å². The van der Waals surface area contributed by atoms with Crippen molar-refractivity contribution in [3.8, 4) is 22.8 Å². The van der Waals surface area contributed by atoms with Gasteiger partial charge in [0.15, 0.2) is 5.75 Å². The molecule has 0 aliphatic heterocycles. The largest absolute Gasteiger partial charge is 0.491 e. The lowest BCUT2D eigenvalue weighted by Crippen LogP contribution is -2.38. The van der Waals surface area contributed by atoms with E-state index in [1.165, 1.54) is 6.07 Å². The van der Waals surface area contributed by atoms with E-state index in [1.54, 1.807) is 27.5 Å². The molecular weight excluding hydrogens is 569 g/mol. The first-order valence-corrected chi connectivity index (χ1v) is 14.3. The van der Waals surface area contributed by atoms with Gasteiger partial charge in [0.05, 0.1) is 38.2 Å². The molecule has 4 aromatic rings. The van der Waals surface area contributed by atoms with Crippen LogP contribution in [-0.2, 0) is 13.0 Å². The first-order chi connectivity index (χ1) is 20.1. The normalized spacial score (nSPS) is 18.8. The highest BCUT2D eigenvalue weighted by molar-refractivity contribution is 7.18. The van der Waals surface area contributed by atoms with Crippen molar-refractivity contribution < 1.29 is 27.8 Å². The molecule has 1 aliphatic rings. The topological polar surface area (TPSA) is 105 Å². The third kappa shape index (κ3) is 6.53. The summed E-state index contributed by atoms with van der Waals surface area (Å²) in [6, 6.07) is 11.3. The molecule has 0 spiro atoms. The van der Waals surface area contributed by atoms with E-state index in [2.05, 4.69) is 25.6 Å². The predicted molar refractivity (Wildman–Crippen MR) is 158 cm³/mol. The van der Waals surface area contributed by atoms with E-state index in [-0.39, 0.29) is 17.0 Å². The average Bonchev–Trinajstić information content (AvgIpc) is 3.55. The van der Waals surface area contributed by atoms with Gasteiger partial charge in [-0.3, -0.25) is 0 Å². The van der Waals surface area contributed by atoms with Gasteiger partial charge in [-0.05, 0) is 36.1 Å². The summed E-state index contributed by atoms with van der Waals surface area (Å²) in [7, 11) is 6.60. The predicted octanol–water partition coefficient (Wildman–Crippen LogP) is 5.03. The number of halogens is 3. The molecular formula is C29H33F3N6O3S. The lowest BCUT2D eigenvalue weighted by atomic mass is 10.1. The number of fused-ring (bicyclic) bond motifs is 1. The van der Waals surface area contributed by atoms with Gasteiger partial charge in [-0.1, -0.05) is 24.3 Å². The number of hydrogen-bond donors (Lipinski definition) is 3. The van der Waals surface area contributed by atoms with Crippen molar-refractivity contribution in [1.82, 2.24) is 20.3 Å². The van der Waals surface area contributed by atoms with E-state index in [9.17, 15) is 18.3 Å². The summed E-state index contributed by atoms with van der Waals surface area (Å²) in [5, 5.41) is 18.0. The number of aliphatic hydroxyl groups is 1. The zero-order valence-corrected chi connectivity index (χ0v) is 24.5. The zero-order valence-electron chi connectivity index (χ0n) is 23.7. The van der Waals surface area contributed by atoms with Gasteiger partial charge in [-0.2, -0.15) is 18.2 Å². The minimum absolute atomic E-state index is 0.0477. The molecule has 0 bridgehead atoms. The van der Waals surface area contributed by atoms with Crippen LogP contribution in [0.3, 0.4) is 0 Å². The fourth-order valence-electron chi connectivity index (χ4n) is 5.32. The van der Waals surface area contributed by atoms with Gasteiger partial charge < -0.3 is 30.1 Å². The van der Waals surface area contributed by atoms with Crippen LogP contribution < -0.4 is 25.0 Å². The molecule has 1 aromatic carbocycles. The molecule has 1 saturated carbocycles. The Morgan fingerprint density at radius 2 is 1.83 bits per heavy atom. The number of pyridine rings is 1. The number of rotatable bonds is 10. The number of nitrogens with zero attached hydrogens (tertiary/aromatic N) is 4. The van der Waals surface area contributed by atoms with Crippen molar-refractivity contribution in [2.75, 3.05) is 38.5 Å². The van der Waals surface area contributed by atoms with Gasteiger partial charge >= 0.3 is 6.18 Å². The maximum absolute atomic E-state index is 13.1. The summed E-state index contributed by atoms with van der Waals surface area (Å²) in [5.41, 5.74) is 2.99. The Morgan fingerprint density at radius 3 is 2.50 bits per heavy atom. The van der Waals surface area contributed by atoms with Gasteiger partial charge in [0.1, 0.15) is 10.6 Å². The molecule has 0 radical (unpaired) electrons. The molecule has 9 nitrogen and oxygen atoms in total. The Morgan fingerprint density at radius 1 is 1.07 bits per heavy atom. The minimum atomic E-state index is -4.31. The van der Waals surface area contributed by atoms with Crippen LogP contribution in [0.1, 0.15) is 23.3 Å².